The molecule has 2 aliphatic rings. The average Bonchev–Trinajstić information content (AvgIpc) is 2.92. The van der Waals surface area contributed by atoms with Crippen molar-refractivity contribution in [3.8, 4) is 0 Å². The smallest absolute Gasteiger partial charge is 0.0507 e. The van der Waals surface area contributed by atoms with Gasteiger partial charge in [0.15, 0.2) is 0 Å². The van der Waals surface area contributed by atoms with Crippen LogP contribution in [-0.4, -0.2) is 43.8 Å². The van der Waals surface area contributed by atoms with Gasteiger partial charge in [-0.2, -0.15) is 11.3 Å². The number of nitrogens with zero attached hydrogens (tertiary/aromatic N) is 1. The second-order valence-electron chi connectivity index (χ2n) is 5.77. The minimum atomic E-state index is 0.742. The molecule has 1 saturated heterocycles. The number of nitrogens with one attached hydrogen (secondary N) is 1. The monoisotopic (exact) mass is 280 g/mol. The summed E-state index contributed by atoms with van der Waals surface area (Å²) in [5, 5.41) is 8.06. The number of ether oxygens (including phenoxy) is 1. The molecule has 19 heavy (non-hydrogen) atoms. The molecule has 1 unspecified atom stereocenters. The van der Waals surface area contributed by atoms with Crippen LogP contribution in [0.25, 0.3) is 0 Å². The van der Waals surface area contributed by atoms with E-state index in [0.29, 0.717) is 0 Å². The van der Waals surface area contributed by atoms with E-state index in [-0.39, 0.29) is 0 Å². The number of hydrogen-bond acceptors (Lipinski definition) is 4. The molecule has 3 rings (SSSR count). The van der Waals surface area contributed by atoms with Gasteiger partial charge in [0, 0.05) is 38.8 Å². The van der Waals surface area contributed by atoms with Crippen molar-refractivity contribution in [3.63, 3.8) is 0 Å². The molecule has 106 valence electrons. The second kappa shape index (κ2) is 6.84. The highest BCUT2D eigenvalue weighted by Crippen LogP contribution is 2.28. The third-order valence-electron chi connectivity index (χ3n) is 4.06. The van der Waals surface area contributed by atoms with Crippen LogP contribution >= 0.6 is 11.3 Å². The van der Waals surface area contributed by atoms with Crippen molar-refractivity contribution in [2.75, 3.05) is 32.8 Å². The predicted molar refractivity (Wildman–Crippen MR) is 79.5 cm³/mol. The summed E-state index contributed by atoms with van der Waals surface area (Å²) in [5.41, 5.74) is 1.47. The van der Waals surface area contributed by atoms with Gasteiger partial charge in [0.05, 0.1) is 6.61 Å². The Morgan fingerprint density at radius 1 is 1.37 bits per heavy atom. The average molecular weight is 280 g/mol. The zero-order chi connectivity index (χ0) is 12.9. The maximum absolute atomic E-state index is 5.40. The van der Waals surface area contributed by atoms with Gasteiger partial charge in [0.1, 0.15) is 0 Å². The van der Waals surface area contributed by atoms with E-state index in [4.69, 9.17) is 4.74 Å². The van der Waals surface area contributed by atoms with Gasteiger partial charge >= 0.3 is 0 Å². The van der Waals surface area contributed by atoms with Crippen LogP contribution in [0.2, 0.25) is 0 Å². The first-order chi connectivity index (χ1) is 9.42. The summed E-state index contributed by atoms with van der Waals surface area (Å²) in [6.45, 7) is 6.44. The Morgan fingerprint density at radius 3 is 3.00 bits per heavy atom. The molecule has 4 heteroatoms. The highest BCUT2D eigenvalue weighted by atomic mass is 32.1. The van der Waals surface area contributed by atoms with Crippen molar-refractivity contribution >= 4 is 11.3 Å². The lowest BCUT2D eigenvalue weighted by Crippen LogP contribution is -2.35. The van der Waals surface area contributed by atoms with Gasteiger partial charge in [-0.05, 0) is 47.6 Å². The molecule has 1 aliphatic heterocycles. The molecular weight excluding hydrogens is 256 g/mol. The van der Waals surface area contributed by atoms with Crippen LogP contribution in [0.4, 0.5) is 0 Å². The van der Waals surface area contributed by atoms with E-state index in [1.807, 2.05) is 0 Å². The van der Waals surface area contributed by atoms with Crippen molar-refractivity contribution in [3.05, 3.63) is 22.4 Å². The van der Waals surface area contributed by atoms with Gasteiger partial charge in [-0.1, -0.05) is 0 Å². The lowest BCUT2D eigenvalue weighted by atomic mass is 10.1. The quantitative estimate of drug-likeness (QED) is 0.740. The van der Waals surface area contributed by atoms with E-state index in [0.717, 1.165) is 44.8 Å². The van der Waals surface area contributed by atoms with Gasteiger partial charge in [0.2, 0.25) is 0 Å². The van der Waals surface area contributed by atoms with E-state index < -0.39 is 0 Å². The zero-order valence-electron chi connectivity index (χ0n) is 11.5. The molecule has 0 amide bonds. The molecule has 1 saturated carbocycles. The summed E-state index contributed by atoms with van der Waals surface area (Å²) in [6, 6.07) is 3.10. The molecular formula is C15H24N2OS. The highest BCUT2D eigenvalue weighted by Gasteiger charge is 2.28. The molecule has 0 bridgehead atoms. The summed E-state index contributed by atoms with van der Waals surface area (Å²) in [4.78, 5) is 2.64. The number of thiophene rings is 1. The standard InChI is InChI=1S/C15H24N2OS/c1-2-15(1)17(10-14-4-8-19-12-14)6-5-16-9-13-3-7-18-11-13/h4,8,12-13,15-16H,1-3,5-7,9-11H2. The van der Waals surface area contributed by atoms with Gasteiger partial charge in [-0.3, -0.25) is 4.90 Å². The molecule has 2 heterocycles. The molecule has 0 spiro atoms. The first-order valence-electron chi connectivity index (χ1n) is 7.45. The Bertz CT molecular complexity index is 358. The van der Waals surface area contributed by atoms with Crippen LogP contribution in [0.3, 0.4) is 0 Å². The molecule has 0 aromatic carbocycles. The topological polar surface area (TPSA) is 24.5 Å². The Balaban J connectivity index is 1.36. The van der Waals surface area contributed by atoms with E-state index in [1.54, 1.807) is 11.3 Å². The maximum Gasteiger partial charge on any atom is 0.0507 e. The third-order valence-corrected chi connectivity index (χ3v) is 4.79. The second-order valence-corrected chi connectivity index (χ2v) is 6.55. The van der Waals surface area contributed by atoms with Crippen LogP contribution in [0, 0.1) is 5.92 Å². The zero-order valence-corrected chi connectivity index (χ0v) is 12.3. The van der Waals surface area contributed by atoms with Gasteiger partial charge in [-0.15, -0.1) is 0 Å². The summed E-state index contributed by atoms with van der Waals surface area (Å²) in [6.07, 6.45) is 4.01. The van der Waals surface area contributed by atoms with Crippen molar-refractivity contribution in [1.82, 2.24) is 10.2 Å². The third kappa shape index (κ3) is 4.28. The normalized spacial score (nSPS) is 23.3. The molecule has 1 aliphatic carbocycles. The Kier molecular flexibility index (Phi) is 4.88. The lowest BCUT2D eigenvalue weighted by Gasteiger charge is -2.22. The molecule has 1 atom stereocenters. The van der Waals surface area contributed by atoms with Crippen LogP contribution in [-0.2, 0) is 11.3 Å². The Labute approximate surface area is 119 Å². The Hall–Kier alpha value is -0.420. The van der Waals surface area contributed by atoms with Crippen LogP contribution in [0.15, 0.2) is 16.8 Å². The van der Waals surface area contributed by atoms with E-state index in [9.17, 15) is 0 Å². The summed E-state index contributed by atoms with van der Waals surface area (Å²) in [7, 11) is 0. The fourth-order valence-electron chi connectivity index (χ4n) is 2.72. The van der Waals surface area contributed by atoms with Crippen molar-refractivity contribution < 1.29 is 4.74 Å². The summed E-state index contributed by atoms with van der Waals surface area (Å²) >= 11 is 1.80. The molecule has 1 aromatic rings. The minimum Gasteiger partial charge on any atom is -0.381 e. The first kappa shape index (κ1) is 13.6. The molecule has 2 fully saturated rings. The highest BCUT2D eigenvalue weighted by molar-refractivity contribution is 7.07. The SMILES string of the molecule is c1cc(CN(CCNCC2CCOC2)C2CC2)cs1. The lowest BCUT2D eigenvalue weighted by molar-refractivity contribution is 0.184. The molecule has 1 N–H and O–H groups in total. The van der Waals surface area contributed by atoms with Gasteiger partial charge < -0.3 is 10.1 Å². The van der Waals surface area contributed by atoms with Crippen LogP contribution in [0.1, 0.15) is 24.8 Å². The first-order valence-corrected chi connectivity index (χ1v) is 8.39. The number of rotatable bonds is 8. The summed E-state index contributed by atoms with van der Waals surface area (Å²) in [5.74, 6) is 0.742. The maximum atomic E-state index is 5.40. The van der Waals surface area contributed by atoms with Crippen molar-refractivity contribution in [1.29, 1.82) is 0 Å². The fraction of sp³-hybridized carbons (Fsp3) is 0.733. The number of hydrogen-bond donors (Lipinski definition) is 1. The Morgan fingerprint density at radius 2 is 2.32 bits per heavy atom. The minimum absolute atomic E-state index is 0.742. The fourth-order valence-corrected chi connectivity index (χ4v) is 3.38. The summed E-state index contributed by atoms with van der Waals surface area (Å²) < 4.78 is 5.40. The van der Waals surface area contributed by atoms with Crippen molar-refractivity contribution in [2.45, 2.75) is 31.8 Å². The van der Waals surface area contributed by atoms with E-state index in [2.05, 4.69) is 27.0 Å². The van der Waals surface area contributed by atoms with Crippen molar-refractivity contribution in [2.24, 2.45) is 5.92 Å². The van der Waals surface area contributed by atoms with E-state index >= 15 is 0 Å². The molecule has 1 aromatic heterocycles. The largest absolute Gasteiger partial charge is 0.381 e. The van der Waals surface area contributed by atoms with Gasteiger partial charge in [0.25, 0.3) is 0 Å². The van der Waals surface area contributed by atoms with Gasteiger partial charge in [-0.25, -0.2) is 0 Å². The van der Waals surface area contributed by atoms with Crippen LogP contribution < -0.4 is 5.32 Å². The molecule has 3 nitrogen and oxygen atoms in total. The molecule has 0 radical (unpaired) electrons. The van der Waals surface area contributed by atoms with E-state index in [1.165, 1.54) is 31.4 Å². The van der Waals surface area contributed by atoms with Crippen LogP contribution in [0.5, 0.6) is 0 Å². The predicted octanol–water partition coefficient (Wildman–Crippen LogP) is 2.34.